The normalized spacial score (nSPS) is 14.0. The molecule has 0 saturated carbocycles. The summed E-state index contributed by atoms with van der Waals surface area (Å²) < 4.78 is 39.2. The molecular formula is C60H78N8O10. The number of amides is 3. The average Bonchev–Trinajstić information content (AvgIpc) is 3.46. The number of methoxy groups -OCH3 is 2. The minimum absolute atomic E-state index is 0.0955. The number of rotatable bonds is 25. The van der Waals surface area contributed by atoms with Crippen LogP contribution in [-0.2, 0) is 33.8 Å². The molecule has 18 heteroatoms. The molecule has 7 rings (SSSR count). The Morgan fingerprint density at radius 1 is 0.590 bits per heavy atom. The molecule has 18 nitrogen and oxygen atoms in total. The summed E-state index contributed by atoms with van der Waals surface area (Å²) in [6.45, 7) is 8.80. The molecule has 2 atom stereocenters. The maximum absolute atomic E-state index is 13.9. The minimum Gasteiger partial charge on any atom is -0.493 e. The molecule has 2 aliphatic heterocycles. The molecule has 2 aliphatic rings. The smallest absolute Gasteiger partial charge is 0.408 e. The molecule has 0 radical (unpaired) electrons. The third kappa shape index (κ3) is 18.5. The topological polar surface area (TPSA) is 192 Å². The number of carbonyl (C=O) groups is 3. The van der Waals surface area contributed by atoms with Gasteiger partial charge < -0.3 is 54.0 Å². The van der Waals surface area contributed by atoms with Crippen LogP contribution in [0.4, 0.5) is 4.79 Å². The molecule has 5 aromatic rings. The van der Waals surface area contributed by atoms with Crippen molar-refractivity contribution in [2.75, 3.05) is 95.0 Å². The molecular weight excluding hydrogens is 993 g/mol. The second-order valence-corrected chi connectivity index (χ2v) is 19.2. The summed E-state index contributed by atoms with van der Waals surface area (Å²) in [5.41, 5.74) is 12.4. The lowest BCUT2D eigenvalue weighted by Gasteiger charge is -2.28. The number of ether oxygens (including phenoxy) is 7. The molecule has 2 heterocycles. The molecule has 0 aliphatic carbocycles. The fourth-order valence-electron chi connectivity index (χ4n) is 8.45. The first-order valence-corrected chi connectivity index (χ1v) is 26.6. The Labute approximate surface area is 460 Å². The van der Waals surface area contributed by atoms with E-state index in [1.807, 2.05) is 162 Å². The molecule has 0 spiro atoms. The number of carbonyl (C=O) groups excluding carboxylic acids is 3. The zero-order valence-corrected chi connectivity index (χ0v) is 46.6. The highest BCUT2D eigenvalue weighted by Crippen LogP contribution is 2.31. The van der Waals surface area contributed by atoms with Crippen LogP contribution in [0.5, 0.6) is 34.5 Å². The van der Waals surface area contributed by atoms with Crippen molar-refractivity contribution in [1.29, 1.82) is 0 Å². The molecule has 78 heavy (non-hydrogen) atoms. The van der Waals surface area contributed by atoms with Gasteiger partial charge in [0.2, 0.25) is 0 Å². The lowest BCUT2D eigenvalue weighted by atomic mass is 10.0. The molecule has 3 N–H and O–H groups in total. The van der Waals surface area contributed by atoms with Gasteiger partial charge in [-0.1, -0.05) is 54.6 Å². The van der Waals surface area contributed by atoms with Crippen molar-refractivity contribution >= 4 is 29.3 Å². The van der Waals surface area contributed by atoms with E-state index in [0.717, 1.165) is 83.1 Å². The van der Waals surface area contributed by atoms with Crippen LogP contribution in [0.15, 0.2) is 125 Å². The van der Waals surface area contributed by atoms with Crippen LogP contribution in [-0.4, -0.2) is 156 Å². The Bertz CT molecular complexity index is 2740. The van der Waals surface area contributed by atoms with Crippen LogP contribution in [0.2, 0.25) is 0 Å². The number of nitrogens with zero attached hydrogens (tertiary/aromatic N) is 6. The van der Waals surface area contributed by atoms with Crippen molar-refractivity contribution in [3.05, 3.63) is 143 Å². The van der Waals surface area contributed by atoms with E-state index in [2.05, 4.69) is 15.3 Å². The van der Waals surface area contributed by atoms with Gasteiger partial charge in [-0.3, -0.25) is 9.59 Å². The highest BCUT2D eigenvalue weighted by molar-refractivity contribution is 6.03. The van der Waals surface area contributed by atoms with Gasteiger partial charge in [0.1, 0.15) is 37.4 Å². The zero-order chi connectivity index (χ0) is 55.8. The standard InChI is InChI=1S/C34H42N4O6.C26H36N4O4/c1-5-42-32-23-27(15-18-31(32)41-4)29-12-9-19-38(36-29)33(39)30(35-34(40)44-24-26-10-7-6-8-11-26)22-25-13-16-28(17-14-25)43-21-20-37(2)3;1-5-33-25-18-20(10-13-24(25)32-4)23-7-6-14-30(28-23)26(31)22(27)17-19-8-11-21(12-9-19)34-16-15-29(2)3/h6-8,10-11,13-18,23,30H,5,9,12,19-22,24H2,1-4H3,(H,35,40);8-13,18,22H,5-7,14-17,27H2,1-4H3/t30-;22-/m11/s1. The van der Waals surface area contributed by atoms with Gasteiger partial charge in [-0.05, 0) is 151 Å². The number of nitrogens with two attached hydrogens (primary N) is 1. The number of hydrogen-bond acceptors (Lipinski definition) is 15. The van der Waals surface area contributed by atoms with Crippen molar-refractivity contribution < 1.29 is 47.5 Å². The Balaban J connectivity index is 0.000000261. The SMILES string of the molecule is CCOc1cc(C2=NN(C(=O)[C@@H](Cc3ccc(OCCN(C)C)cc3)NC(=O)OCc3ccccc3)CCC2)ccc1OC.CCOc1cc(C2=NN(C(=O)[C@H](N)Cc3ccc(OCCN(C)C)cc3)CCC2)ccc1OC. The molecule has 5 aromatic carbocycles. The summed E-state index contributed by atoms with van der Waals surface area (Å²) in [4.78, 5) is 44.0. The largest absolute Gasteiger partial charge is 0.493 e. The van der Waals surface area contributed by atoms with Gasteiger partial charge in [-0.25, -0.2) is 14.8 Å². The Kier molecular flexibility index (Phi) is 23.6. The number of benzene rings is 5. The van der Waals surface area contributed by atoms with Crippen molar-refractivity contribution in [2.45, 2.75) is 71.1 Å². The maximum atomic E-state index is 13.9. The zero-order valence-electron chi connectivity index (χ0n) is 46.6. The van der Waals surface area contributed by atoms with E-state index in [1.165, 1.54) is 10.0 Å². The van der Waals surface area contributed by atoms with Gasteiger partial charge in [0, 0.05) is 43.7 Å². The van der Waals surface area contributed by atoms with Crippen molar-refractivity contribution in [2.24, 2.45) is 15.9 Å². The molecule has 418 valence electrons. The second kappa shape index (κ2) is 30.9. The van der Waals surface area contributed by atoms with Crippen LogP contribution in [0.1, 0.15) is 67.3 Å². The second-order valence-electron chi connectivity index (χ2n) is 19.2. The Morgan fingerprint density at radius 2 is 1.06 bits per heavy atom. The first kappa shape index (κ1) is 59.6. The Hall–Kier alpha value is -7.67. The third-order valence-corrected chi connectivity index (χ3v) is 12.6. The lowest BCUT2D eigenvalue weighted by molar-refractivity contribution is -0.134. The van der Waals surface area contributed by atoms with Crippen LogP contribution >= 0.6 is 0 Å². The monoisotopic (exact) mass is 1070 g/mol. The van der Waals surface area contributed by atoms with Gasteiger partial charge in [-0.2, -0.15) is 10.2 Å². The molecule has 0 aromatic heterocycles. The van der Waals surface area contributed by atoms with E-state index < -0.39 is 18.2 Å². The summed E-state index contributed by atoms with van der Waals surface area (Å²) in [7, 11) is 11.2. The van der Waals surface area contributed by atoms with E-state index in [0.29, 0.717) is 75.4 Å². The van der Waals surface area contributed by atoms with E-state index in [1.54, 1.807) is 14.2 Å². The van der Waals surface area contributed by atoms with Crippen LogP contribution in [0, 0.1) is 0 Å². The molecule has 0 unspecified atom stereocenters. The minimum atomic E-state index is -0.892. The summed E-state index contributed by atoms with van der Waals surface area (Å²) in [5, 5.41) is 15.1. The summed E-state index contributed by atoms with van der Waals surface area (Å²) in [6, 6.07) is 34.5. The third-order valence-electron chi connectivity index (χ3n) is 12.6. The van der Waals surface area contributed by atoms with Crippen molar-refractivity contribution in [1.82, 2.24) is 25.1 Å². The number of nitrogens with one attached hydrogen (secondary N) is 1. The number of hydrogen-bond donors (Lipinski definition) is 2. The molecule has 0 bridgehead atoms. The number of hydrazone groups is 2. The summed E-state index contributed by atoms with van der Waals surface area (Å²) in [5.74, 6) is 3.64. The highest BCUT2D eigenvalue weighted by atomic mass is 16.5. The van der Waals surface area contributed by atoms with Crippen molar-refractivity contribution in [3.63, 3.8) is 0 Å². The van der Waals surface area contributed by atoms with Gasteiger partial charge in [0.05, 0.1) is 44.9 Å². The average molecular weight is 1070 g/mol. The highest BCUT2D eigenvalue weighted by Gasteiger charge is 2.30. The lowest BCUT2D eigenvalue weighted by Crippen LogP contribution is -2.49. The predicted molar refractivity (Wildman–Crippen MR) is 303 cm³/mol. The Morgan fingerprint density at radius 3 is 1.53 bits per heavy atom. The first-order chi connectivity index (χ1) is 37.8. The van der Waals surface area contributed by atoms with Gasteiger partial charge >= 0.3 is 6.09 Å². The molecule has 0 saturated heterocycles. The van der Waals surface area contributed by atoms with E-state index in [4.69, 9.17) is 44.0 Å². The van der Waals surface area contributed by atoms with E-state index in [-0.39, 0.29) is 24.8 Å². The van der Waals surface area contributed by atoms with Gasteiger partial charge in [0.25, 0.3) is 11.8 Å². The maximum Gasteiger partial charge on any atom is 0.408 e. The van der Waals surface area contributed by atoms with Gasteiger partial charge in [0.15, 0.2) is 23.0 Å². The summed E-state index contributed by atoms with van der Waals surface area (Å²) >= 11 is 0. The fourth-order valence-corrected chi connectivity index (χ4v) is 8.45. The summed E-state index contributed by atoms with van der Waals surface area (Å²) in [6.07, 6.45) is 3.07. The van der Waals surface area contributed by atoms with Crippen LogP contribution < -0.4 is 39.5 Å². The van der Waals surface area contributed by atoms with E-state index in [9.17, 15) is 14.4 Å². The van der Waals surface area contributed by atoms with Crippen LogP contribution in [0.25, 0.3) is 0 Å². The van der Waals surface area contributed by atoms with Crippen molar-refractivity contribution in [3.8, 4) is 34.5 Å². The fraction of sp³-hybridized carbons (Fsp3) is 0.417. The quantitative estimate of drug-likeness (QED) is 0.0576. The number of likely N-dealkylation sites (N-methyl/N-ethyl adjacent to an activating group) is 2. The predicted octanol–water partition coefficient (Wildman–Crippen LogP) is 7.83. The van der Waals surface area contributed by atoms with Gasteiger partial charge in [-0.15, -0.1) is 0 Å². The van der Waals surface area contributed by atoms with Crippen LogP contribution in [0.3, 0.4) is 0 Å². The molecule has 0 fully saturated rings. The first-order valence-electron chi connectivity index (χ1n) is 26.6. The number of alkyl carbamates (subject to hydrolysis) is 1. The van der Waals surface area contributed by atoms with E-state index >= 15 is 0 Å². The molecule has 3 amide bonds.